The van der Waals surface area contributed by atoms with Crippen molar-refractivity contribution in [1.29, 1.82) is 0 Å². The fourth-order valence-electron chi connectivity index (χ4n) is 1.56. The number of hydrogen-bond acceptors (Lipinski definition) is 6. The van der Waals surface area contributed by atoms with Gasteiger partial charge in [0.2, 0.25) is 11.7 Å². The van der Waals surface area contributed by atoms with Crippen LogP contribution in [0.2, 0.25) is 0 Å². The number of aliphatic carboxylic acids is 1. The topological polar surface area (TPSA) is 97.5 Å². The fraction of sp³-hybridized carbons (Fsp3) is 0.357. The van der Waals surface area contributed by atoms with Gasteiger partial charge in [-0.05, 0) is 38.1 Å². The van der Waals surface area contributed by atoms with E-state index in [1.54, 1.807) is 33.1 Å². The maximum Gasteiger partial charge on any atom is 0.323 e. The number of aromatic nitrogens is 2. The summed E-state index contributed by atoms with van der Waals surface area (Å²) in [5, 5.41) is 15.7. The van der Waals surface area contributed by atoms with Gasteiger partial charge in [0.1, 0.15) is 11.3 Å². The number of benzene rings is 1. The zero-order chi connectivity index (χ0) is 15.5. The largest absolute Gasteiger partial charge is 0.497 e. The third kappa shape index (κ3) is 3.57. The SMILES string of the molecule is COc1ccc(-c2noc(CNC(C)(C)C(=O)O)n2)cc1. The number of nitrogens with one attached hydrogen (secondary N) is 1. The first kappa shape index (κ1) is 15.0. The van der Waals surface area contributed by atoms with E-state index in [0.717, 1.165) is 11.3 Å². The Bertz CT molecular complexity index is 619. The maximum atomic E-state index is 11.0. The summed E-state index contributed by atoms with van der Waals surface area (Å²) in [7, 11) is 1.59. The van der Waals surface area contributed by atoms with Gasteiger partial charge in [0.05, 0.1) is 13.7 Å². The highest BCUT2D eigenvalue weighted by Gasteiger charge is 2.26. The van der Waals surface area contributed by atoms with Crippen molar-refractivity contribution in [2.24, 2.45) is 0 Å². The van der Waals surface area contributed by atoms with Crippen molar-refractivity contribution >= 4 is 5.97 Å². The van der Waals surface area contributed by atoms with Crippen molar-refractivity contribution in [2.45, 2.75) is 25.9 Å². The highest BCUT2D eigenvalue weighted by atomic mass is 16.5. The summed E-state index contributed by atoms with van der Waals surface area (Å²) in [4.78, 5) is 15.2. The van der Waals surface area contributed by atoms with E-state index in [2.05, 4.69) is 15.5 Å². The number of rotatable bonds is 6. The molecule has 7 heteroatoms. The first-order valence-corrected chi connectivity index (χ1v) is 6.38. The number of methoxy groups -OCH3 is 1. The second-order valence-electron chi connectivity index (χ2n) is 5.02. The molecule has 0 saturated heterocycles. The predicted octanol–water partition coefficient (Wildman–Crippen LogP) is 1.70. The van der Waals surface area contributed by atoms with Crippen LogP contribution in [0.4, 0.5) is 0 Å². The molecule has 0 spiro atoms. The molecule has 2 N–H and O–H groups in total. The fourth-order valence-corrected chi connectivity index (χ4v) is 1.56. The van der Waals surface area contributed by atoms with Crippen LogP contribution >= 0.6 is 0 Å². The van der Waals surface area contributed by atoms with Gasteiger partial charge in [-0.1, -0.05) is 5.16 Å². The van der Waals surface area contributed by atoms with Crippen LogP contribution in [-0.4, -0.2) is 33.9 Å². The van der Waals surface area contributed by atoms with E-state index >= 15 is 0 Å². The molecule has 0 aliphatic heterocycles. The summed E-state index contributed by atoms with van der Waals surface area (Å²) in [5.74, 6) is 0.572. The Morgan fingerprint density at radius 1 is 1.38 bits per heavy atom. The van der Waals surface area contributed by atoms with Gasteiger partial charge in [-0.2, -0.15) is 4.98 Å². The van der Waals surface area contributed by atoms with E-state index in [0.29, 0.717) is 11.7 Å². The quantitative estimate of drug-likeness (QED) is 0.835. The molecule has 0 unspecified atom stereocenters. The molecule has 7 nitrogen and oxygen atoms in total. The number of carbonyl (C=O) groups is 1. The molecule has 21 heavy (non-hydrogen) atoms. The minimum Gasteiger partial charge on any atom is -0.497 e. The molecule has 1 heterocycles. The molecule has 0 aliphatic rings. The van der Waals surface area contributed by atoms with E-state index in [1.807, 2.05) is 12.1 Å². The third-order valence-electron chi connectivity index (χ3n) is 3.03. The molecular weight excluding hydrogens is 274 g/mol. The normalized spacial score (nSPS) is 11.4. The van der Waals surface area contributed by atoms with Crippen LogP contribution in [0, 0.1) is 0 Å². The third-order valence-corrected chi connectivity index (χ3v) is 3.03. The van der Waals surface area contributed by atoms with Crippen molar-refractivity contribution in [3.63, 3.8) is 0 Å². The van der Waals surface area contributed by atoms with Crippen LogP contribution < -0.4 is 10.1 Å². The van der Waals surface area contributed by atoms with Gasteiger partial charge in [0, 0.05) is 5.56 Å². The predicted molar refractivity (Wildman–Crippen MR) is 74.8 cm³/mol. The van der Waals surface area contributed by atoms with Gasteiger partial charge in [-0.25, -0.2) is 0 Å². The molecular formula is C14H17N3O4. The van der Waals surface area contributed by atoms with Crippen LogP contribution in [0.15, 0.2) is 28.8 Å². The Hall–Kier alpha value is -2.41. The summed E-state index contributed by atoms with van der Waals surface area (Å²) in [6.07, 6.45) is 0. The second kappa shape index (κ2) is 5.92. The Morgan fingerprint density at radius 3 is 2.62 bits per heavy atom. The summed E-state index contributed by atoms with van der Waals surface area (Å²) in [6, 6.07) is 7.25. The smallest absolute Gasteiger partial charge is 0.323 e. The number of ether oxygens (including phenoxy) is 1. The number of carboxylic acids is 1. The highest BCUT2D eigenvalue weighted by molar-refractivity contribution is 5.77. The van der Waals surface area contributed by atoms with Gasteiger partial charge in [0.25, 0.3) is 0 Å². The molecule has 112 valence electrons. The van der Waals surface area contributed by atoms with Crippen molar-refractivity contribution in [3.8, 4) is 17.1 Å². The van der Waals surface area contributed by atoms with E-state index < -0.39 is 11.5 Å². The summed E-state index contributed by atoms with van der Waals surface area (Å²) in [5.41, 5.74) is -0.266. The lowest BCUT2D eigenvalue weighted by Crippen LogP contribution is -2.46. The van der Waals surface area contributed by atoms with Crippen LogP contribution in [0.1, 0.15) is 19.7 Å². The Labute approximate surface area is 121 Å². The van der Waals surface area contributed by atoms with Crippen LogP contribution in [0.25, 0.3) is 11.4 Å². The van der Waals surface area contributed by atoms with Crippen molar-refractivity contribution in [3.05, 3.63) is 30.2 Å². The molecule has 0 atom stereocenters. The molecule has 1 aromatic heterocycles. The van der Waals surface area contributed by atoms with Gasteiger partial charge in [0.15, 0.2) is 0 Å². The minimum absolute atomic E-state index is 0.183. The standard InChI is InChI=1S/C14H17N3O4/c1-14(2,13(18)19)15-8-11-16-12(17-21-11)9-4-6-10(20-3)7-5-9/h4-7,15H,8H2,1-3H3,(H,18,19). The summed E-state index contributed by atoms with van der Waals surface area (Å²) >= 11 is 0. The first-order valence-electron chi connectivity index (χ1n) is 6.38. The van der Waals surface area contributed by atoms with Crippen LogP contribution in [-0.2, 0) is 11.3 Å². The molecule has 0 amide bonds. The van der Waals surface area contributed by atoms with E-state index in [-0.39, 0.29) is 6.54 Å². The average molecular weight is 291 g/mol. The summed E-state index contributed by atoms with van der Waals surface area (Å²) < 4.78 is 10.2. The first-order chi connectivity index (χ1) is 9.92. The summed E-state index contributed by atoms with van der Waals surface area (Å²) in [6.45, 7) is 3.31. The lowest BCUT2D eigenvalue weighted by Gasteiger charge is -2.19. The molecule has 0 saturated carbocycles. The van der Waals surface area contributed by atoms with Crippen LogP contribution in [0.5, 0.6) is 5.75 Å². The monoisotopic (exact) mass is 291 g/mol. The van der Waals surface area contributed by atoms with E-state index in [9.17, 15) is 4.79 Å². The van der Waals surface area contributed by atoms with Gasteiger partial charge >= 0.3 is 5.97 Å². The van der Waals surface area contributed by atoms with Crippen LogP contribution in [0.3, 0.4) is 0 Å². The van der Waals surface area contributed by atoms with Gasteiger partial charge in [-0.15, -0.1) is 0 Å². The number of hydrogen-bond donors (Lipinski definition) is 2. The number of carboxylic acid groups (broad SMARTS) is 1. The Morgan fingerprint density at radius 2 is 2.05 bits per heavy atom. The van der Waals surface area contributed by atoms with Crippen molar-refractivity contribution < 1.29 is 19.2 Å². The lowest BCUT2D eigenvalue weighted by molar-refractivity contribution is -0.143. The Balaban J connectivity index is 2.05. The lowest BCUT2D eigenvalue weighted by atomic mass is 10.1. The second-order valence-corrected chi connectivity index (χ2v) is 5.02. The van der Waals surface area contributed by atoms with Gasteiger partial charge in [-0.3, -0.25) is 10.1 Å². The molecule has 0 aliphatic carbocycles. The van der Waals surface area contributed by atoms with E-state index in [4.69, 9.17) is 14.4 Å². The molecule has 0 bridgehead atoms. The minimum atomic E-state index is -1.06. The van der Waals surface area contributed by atoms with E-state index in [1.165, 1.54) is 0 Å². The Kier molecular flexibility index (Phi) is 4.23. The molecule has 0 radical (unpaired) electrons. The average Bonchev–Trinajstić information content (AvgIpc) is 2.94. The van der Waals surface area contributed by atoms with Crippen molar-refractivity contribution in [1.82, 2.24) is 15.5 Å². The molecule has 2 aromatic rings. The molecule has 2 rings (SSSR count). The number of nitrogens with zero attached hydrogens (tertiary/aromatic N) is 2. The maximum absolute atomic E-state index is 11.0. The zero-order valence-electron chi connectivity index (χ0n) is 12.1. The van der Waals surface area contributed by atoms with Crippen molar-refractivity contribution in [2.75, 3.05) is 7.11 Å². The van der Waals surface area contributed by atoms with Gasteiger partial charge < -0.3 is 14.4 Å². The molecule has 1 aromatic carbocycles. The highest BCUT2D eigenvalue weighted by Crippen LogP contribution is 2.19. The zero-order valence-corrected chi connectivity index (χ0v) is 12.1. The molecule has 0 fully saturated rings.